The zero-order chi connectivity index (χ0) is 15.0. The molecule has 4 aromatic heterocycles. The summed E-state index contributed by atoms with van der Waals surface area (Å²) in [6.07, 6.45) is 16.5. The van der Waals surface area contributed by atoms with Crippen LogP contribution >= 0.6 is 0 Å². The average molecular weight is 1050 g/mol. The second kappa shape index (κ2) is 33.4. The van der Waals surface area contributed by atoms with Gasteiger partial charge in [0.2, 0.25) is 0 Å². The average Bonchev–Trinajstić information content (AvgIpc) is 3.31. The van der Waals surface area contributed by atoms with Gasteiger partial charge in [0, 0.05) is 37.6 Å². The molecule has 0 unspecified atom stereocenters. The predicted molar refractivity (Wildman–Crippen MR) is 110 cm³/mol. The molecule has 4 heterocycles. The first-order chi connectivity index (χ1) is 10.9. The molecule has 19 heteroatoms. The number of aromatic amines is 4. The van der Waals surface area contributed by atoms with Crippen LogP contribution in [0.15, 0.2) is 49.6 Å². The molecule has 200 valence electrons. The van der Waals surface area contributed by atoms with Crippen molar-refractivity contribution < 1.29 is 88.0 Å². The van der Waals surface area contributed by atoms with E-state index in [9.17, 15) is 0 Å². The maximum Gasteiger partial charge on any atom is 2.00 e. The molecule has 4 aromatic rings. The number of aromatic nitrogens is 8. The van der Waals surface area contributed by atoms with E-state index < -0.39 is 0 Å². The molecule has 22 N–H and O–H groups in total. The van der Waals surface area contributed by atoms with Crippen molar-refractivity contribution in [3.63, 3.8) is 0 Å². The van der Waals surface area contributed by atoms with E-state index in [0.29, 0.717) is 0 Å². The van der Waals surface area contributed by atoms with Gasteiger partial charge in [-0.1, -0.05) is 0 Å². The summed E-state index contributed by atoms with van der Waals surface area (Å²) in [5.41, 5.74) is 4.69. The van der Waals surface area contributed by atoms with Crippen LogP contribution < -0.4 is 61.7 Å². The van der Waals surface area contributed by atoms with E-state index in [4.69, 9.17) is 0 Å². The standard InChI is InChI=1S/2C7H8N4.2ClH.6H3N.3Pt/c2*1(6-2-8-9-3-6)7-4-10-11-5-7;;;;;;;;;;;/h2*2-5H,1H2,(H,8,9)(H,10,11);2*1H;6*1H3;;;/q;;;;;;;;;;3*+2/p-2. The third kappa shape index (κ3) is 21.5. The van der Waals surface area contributed by atoms with Gasteiger partial charge in [0.15, 0.2) is 0 Å². The maximum absolute atomic E-state index is 3.85. The molecule has 0 aromatic carbocycles. The van der Waals surface area contributed by atoms with Crippen molar-refractivity contribution in [2.24, 2.45) is 0 Å². The summed E-state index contributed by atoms with van der Waals surface area (Å²) < 4.78 is 0. The minimum atomic E-state index is 0. The third-order valence-corrected chi connectivity index (χ3v) is 3.04. The molecule has 0 aliphatic carbocycles. The number of hydrogen-bond donors (Lipinski definition) is 10. The molecule has 0 radical (unpaired) electrons. The topological polar surface area (TPSA) is 325 Å². The van der Waals surface area contributed by atoms with Crippen LogP contribution in [0.5, 0.6) is 0 Å². The first-order valence-corrected chi connectivity index (χ1v) is 6.81. The van der Waals surface area contributed by atoms with Crippen LogP contribution in [0.3, 0.4) is 0 Å². The molecule has 0 fully saturated rings. The van der Waals surface area contributed by atoms with Gasteiger partial charge in [-0.3, -0.25) is 20.4 Å². The zero-order valence-corrected chi connectivity index (χ0v) is 26.1. The van der Waals surface area contributed by atoms with Crippen molar-refractivity contribution in [3.05, 3.63) is 71.8 Å². The molecule has 4 rings (SSSR count). The Kier molecular flexibility index (Phi) is 59.0. The normalized spacial score (nSPS) is 6.79. The van der Waals surface area contributed by atoms with Gasteiger partial charge in [-0.25, -0.2) is 0 Å². The fourth-order valence-electron chi connectivity index (χ4n) is 1.97. The van der Waals surface area contributed by atoms with Gasteiger partial charge in [-0.05, 0) is 22.3 Å². The Bertz CT molecular complexity index is 624. The van der Waals surface area contributed by atoms with Crippen molar-refractivity contribution in [3.8, 4) is 0 Å². The molecule has 0 spiro atoms. The van der Waals surface area contributed by atoms with Gasteiger partial charge in [-0.15, -0.1) is 0 Å². The molecule has 0 saturated carbocycles. The summed E-state index contributed by atoms with van der Waals surface area (Å²) in [4.78, 5) is 0. The fraction of sp³-hybridized carbons (Fsp3) is 0.143. The molecule has 0 aliphatic heterocycles. The molecule has 0 amide bonds. The maximum atomic E-state index is 3.85. The van der Waals surface area contributed by atoms with Crippen LogP contribution in [0.1, 0.15) is 22.3 Å². The molecule has 14 nitrogen and oxygen atoms in total. The zero-order valence-electron chi connectivity index (χ0n) is 17.8. The number of hydrogen-bond acceptors (Lipinski definition) is 10. The summed E-state index contributed by atoms with van der Waals surface area (Å²) in [7, 11) is 0. The van der Waals surface area contributed by atoms with Crippen LogP contribution in [-0.2, 0) is 76.0 Å². The van der Waals surface area contributed by atoms with Crippen LogP contribution in [-0.4, -0.2) is 40.8 Å². The second-order valence-corrected chi connectivity index (χ2v) is 4.78. The van der Waals surface area contributed by atoms with E-state index in [1.807, 2.05) is 49.6 Å². The first-order valence-electron chi connectivity index (χ1n) is 6.81. The van der Waals surface area contributed by atoms with Gasteiger partial charge in [0.05, 0.1) is 24.8 Å². The molecular weight excluding hydrogens is 1020 g/mol. The molecule has 0 bridgehead atoms. The van der Waals surface area contributed by atoms with Crippen LogP contribution in [0.4, 0.5) is 0 Å². The second-order valence-electron chi connectivity index (χ2n) is 4.78. The molecular formula is C14H34Cl2N14Pt3+4. The van der Waals surface area contributed by atoms with Gasteiger partial charge >= 0.3 is 63.2 Å². The van der Waals surface area contributed by atoms with E-state index in [-0.39, 0.29) is 125 Å². The van der Waals surface area contributed by atoms with Crippen molar-refractivity contribution in [2.75, 3.05) is 0 Å². The predicted octanol–water partition coefficient (Wildman–Crippen LogP) is -3.58. The Balaban J connectivity index is -0.0000000374. The summed E-state index contributed by atoms with van der Waals surface area (Å²) in [6, 6.07) is 0. The Morgan fingerprint density at radius 1 is 0.424 bits per heavy atom. The van der Waals surface area contributed by atoms with Crippen molar-refractivity contribution in [2.45, 2.75) is 12.8 Å². The van der Waals surface area contributed by atoms with Crippen molar-refractivity contribution >= 4 is 0 Å². The monoisotopic (exact) mass is 1050 g/mol. The smallest absolute Gasteiger partial charge is 1.00 e. The fourth-order valence-corrected chi connectivity index (χ4v) is 1.97. The van der Waals surface area contributed by atoms with E-state index in [2.05, 4.69) is 40.8 Å². The quantitative estimate of drug-likeness (QED) is 0.0959. The summed E-state index contributed by atoms with van der Waals surface area (Å²) in [5, 5.41) is 26.4. The summed E-state index contributed by atoms with van der Waals surface area (Å²) >= 11 is 0. The Labute approximate surface area is 248 Å². The molecule has 0 atom stereocenters. The number of nitrogens with one attached hydrogen (secondary N) is 4. The largest absolute Gasteiger partial charge is 2.00 e. The Morgan fingerprint density at radius 2 is 0.606 bits per heavy atom. The van der Waals surface area contributed by atoms with Crippen LogP contribution in [0.25, 0.3) is 0 Å². The molecule has 0 aliphatic rings. The molecule has 0 saturated heterocycles. The first kappa shape index (κ1) is 58.3. The van der Waals surface area contributed by atoms with Gasteiger partial charge in [-0.2, -0.15) is 20.4 Å². The Hall–Kier alpha value is -0.755. The SMILES string of the molecule is N.N.N.N.N.N.[Cl-].[Cl-].[Pt+2].[Pt+2].[Pt+2].c1n[nH]cc1Cc1cn[nH]c1.c1n[nH]cc1Cc1cn[nH]c1. The van der Waals surface area contributed by atoms with Crippen molar-refractivity contribution in [1.29, 1.82) is 0 Å². The number of nitrogens with zero attached hydrogens (tertiary/aromatic N) is 4. The molecule has 33 heavy (non-hydrogen) atoms. The van der Waals surface area contributed by atoms with Crippen LogP contribution in [0, 0.1) is 0 Å². The third-order valence-electron chi connectivity index (χ3n) is 3.04. The number of halogens is 2. The van der Waals surface area contributed by atoms with E-state index in [1.54, 1.807) is 0 Å². The van der Waals surface area contributed by atoms with E-state index in [1.165, 1.54) is 22.3 Å². The number of H-pyrrole nitrogens is 4. The van der Waals surface area contributed by atoms with E-state index >= 15 is 0 Å². The summed E-state index contributed by atoms with van der Waals surface area (Å²) in [6.45, 7) is 0. The van der Waals surface area contributed by atoms with Gasteiger partial charge in [0.1, 0.15) is 0 Å². The minimum Gasteiger partial charge on any atom is -1.00 e. The Morgan fingerprint density at radius 3 is 0.727 bits per heavy atom. The van der Waals surface area contributed by atoms with Gasteiger partial charge in [0.25, 0.3) is 0 Å². The summed E-state index contributed by atoms with van der Waals surface area (Å²) in [5.74, 6) is 0. The van der Waals surface area contributed by atoms with Gasteiger partial charge < -0.3 is 61.7 Å². The van der Waals surface area contributed by atoms with Crippen LogP contribution in [0.2, 0.25) is 0 Å². The van der Waals surface area contributed by atoms with E-state index in [0.717, 1.165) is 12.8 Å². The van der Waals surface area contributed by atoms with Crippen molar-refractivity contribution in [1.82, 2.24) is 77.7 Å². The number of rotatable bonds is 4. The minimum absolute atomic E-state index is 0.